The van der Waals surface area contributed by atoms with E-state index in [-0.39, 0.29) is 0 Å². The summed E-state index contributed by atoms with van der Waals surface area (Å²) >= 11 is 0. The van der Waals surface area contributed by atoms with Crippen molar-refractivity contribution in [3.8, 4) is 0 Å². The summed E-state index contributed by atoms with van der Waals surface area (Å²) in [6.07, 6.45) is 1.14. The van der Waals surface area contributed by atoms with Gasteiger partial charge in [-0.25, -0.2) is 0 Å². The summed E-state index contributed by atoms with van der Waals surface area (Å²) in [5.74, 6) is 1.34. The highest BCUT2D eigenvalue weighted by atomic mass is 15.2. The molecule has 1 aromatic carbocycles. The first-order valence-electron chi connectivity index (χ1n) is 7.87. The average molecular weight is 276 g/mol. The van der Waals surface area contributed by atoms with E-state index in [0.717, 1.165) is 6.42 Å². The van der Waals surface area contributed by atoms with Gasteiger partial charge in [0.25, 0.3) is 0 Å². The Morgan fingerprint density at radius 1 is 1.00 bits per heavy atom. The Balaban J connectivity index is 2.84. The summed E-state index contributed by atoms with van der Waals surface area (Å²) in [5, 5.41) is 0. The van der Waals surface area contributed by atoms with Crippen molar-refractivity contribution in [2.24, 2.45) is 17.6 Å². The van der Waals surface area contributed by atoms with Crippen LogP contribution >= 0.6 is 0 Å². The highest BCUT2D eigenvalue weighted by molar-refractivity contribution is 5.25. The predicted octanol–water partition coefficient (Wildman–Crippen LogP) is 3.86. The van der Waals surface area contributed by atoms with Crippen LogP contribution in [0.2, 0.25) is 0 Å². The second kappa shape index (κ2) is 7.80. The smallest absolute Gasteiger partial charge is 0.0470 e. The molecule has 2 nitrogen and oxygen atoms in total. The maximum absolute atomic E-state index is 6.02. The van der Waals surface area contributed by atoms with Crippen molar-refractivity contribution in [3.63, 3.8) is 0 Å². The molecule has 2 unspecified atom stereocenters. The van der Waals surface area contributed by atoms with Crippen LogP contribution in [0.3, 0.4) is 0 Å². The van der Waals surface area contributed by atoms with Crippen molar-refractivity contribution >= 4 is 0 Å². The second-order valence-corrected chi connectivity index (χ2v) is 6.74. The second-order valence-electron chi connectivity index (χ2n) is 6.74. The Bertz CT molecular complexity index is 381. The largest absolute Gasteiger partial charge is 0.329 e. The van der Waals surface area contributed by atoms with Gasteiger partial charge in [0.15, 0.2) is 0 Å². The molecule has 2 N–H and O–H groups in total. The molecule has 1 rings (SSSR count). The summed E-state index contributed by atoms with van der Waals surface area (Å²) in [4.78, 5) is 2.40. The zero-order chi connectivity index (χ0) is 15.3. The highest BCUT2D eigenvalue weighted by Crippen LogP contribution is 2.24. The zero-order valence-corrected chi connectivity index (χ0v) is 14.1. The molecule has 0 aliphatic heterocycles. The van der Waals surface area contributed by atoms with Crippen molar-refractivity contribution in [2.75, 3.05) is 13.6 Å². The molecule has 0 aliphatic rings. The van der Waals surface area contributed by atoms with Gasteiger partial charge >= 0.3 is 0 Å². The molecule has 2 atom stereocenters. The molecular weight excluding hydrogens is 244 g/mol. The summed E-state index contributed by atoms with van der Waals surface area (Å²) < 4.78 is 0. The fraction of sp³-hybridized carbons (Fsp3) is 0.667. The molecule has 0 bridgehead atoms. The maximum atomic E-state index is 6.02. The molecule has 20 heavy (non-hydrogen) atoms. The molecule has 0 amide bonds. The summed E-state index contributed by atoms with van der Waals surface area (Å²) in [7, 11) is 2.18. The molecule has 0 fully saturated rings. The van der Waals surface area contributed by atoms with Crippen LogP contribution < -0.4 is 5.73 Å². The Kier molecular flexibility index (Phi) is 6.70. The van der Waals surface area contributed by atoms with Gasteiger partial charge in [-0.2, -0.15) is 0 Å². The number of hydrogen-bond acceptors (Lipinski definition) is 2. The van der Waals surface area contributed by atoms with Crippen LogP contribution in [-0.4, -0.2) is 24.5 Å². The number of likely N-dealkylation sites (N-methyl/N-ethyl adjacent to an activating group) is 1. The van der Waals surface area contributed by atoms with Crippen LogP contribution in [0, 0.1) is 11.8 Å². The van der Waals surface area contributed by atoms with Gasteiger partial charge in [-0.1, -0.05) is 52.0 Å². The third kappa shape index (κ3) is 4.60. The maximum Gasteiger partial charge on any atom is 0.0470 e. The van der Waals surface area contributed by atoms with Crippen LogP contribution in [0.5, 0.6) is 0 Å². The molecule has 1 aromatic rings. The Hall–Kier alpha value is -0.860. The van der Waals surface area contributed by atoms with E-state index in [0.29, 0.717) is 30.5 Å². The lowest BCUT2D eigenvalue weighted by Gasteiger charge is -2.35. The van der Waals surface area contributed by atoms with Gasteiger partial charge in [0.05, 0.1) is 0 Å². The van der Waals surface area contributed by atoms with Gasteiger partial charge in [0.1, 0.15) is 0 Å². The molecule has 0 saturated heterocycles. The van der Waals surface area contributed by atoms with Crippen LogP contribution in [0.1, 0.15) is 51.8 Å². The minimum Gasteiger partial charge on any atom is -0.329 e. The lowest BCUT2D eigenvalue weighted by molar-refractivity contribution is 0.152. The molecule has 2 heteroatoms. The number of rotatable bonds is 7. The van der Waals surface area contributed by atoms with E-state index in [1.165, 1.54) is 11.1 Å². The minimum atomic E-state index is 0.306. The van der Waals surface area contributed by atoms with Crippen molar-refractivity contribution in [2.45, 2.75) is 53.1 Å². The quantitative estimate of drug-likeness (QED) is 0.819. The molecule has 0 saturated carbocycles. The fourth-order valence-electron chi connectivity index (χ4n) is 2.64. The number of nitrogens with two attached hydrogens (primary N) is 1. The van der Waals surface area contributed by atoms with E-state index in [1.807, 2.05) is 0 Å². The van der Waals surface area contributed by atoms with Gasteiger partial charge in [0, 0.05) is 18.6 Å². The van der Waals surface area contributed by atoms with E-state index in [9.17, 15) is 0 Å². The molecule has 0 heterocycles. The van der Waals surface area contributed by atoms with Gasteiger partial charge in [-0.05, 0) is 43.4 Å². The van der Waals surface area contributed by atoms with Gasteiger partial charge < -0.3 is 5.73 Å². The highest BCUT2D eigenvalue weighted by Gasteiger charge is 2.22. The van der Waals surface area contributed by atoms with E-state index >= 15 is 0 Å². The van der Waals surface area contributed by atoms with Gasteiger partial charge in [0.2, 0.25) is 0 Å². The first kappa shape index (κ1) is 17.2. The van der Waals surface area contributed by atoms with E-state index in [4.69, 9.17) is 5.73 Å². The van der Waals surface area contributed by atoms with E-state index < -0.39 is 0 Å². The fourth-order valence-corrected chi connectivity index (χ4v) is 2.64. The molecule has 0 spiro atoms. The first-order valence-corrected chi connectivity index (χ1v) is 7.87. The molecule has 0 aromatic heterocycles. The van der Waals surface area contributed by atoms with Gasteiger partial charge in [-0.3, -0.25) is 4.90 Å². The summed E-state index contributed by atoms with van der Waals surface area (Å²) in [6, 6.07) is 9.84. The number of hydrogen-bond donors (Lipinski definition) is 1. The molecular formula is C18H32N2. The lowest BCUT2D eigenvalue weighted by Crippen LogP contribution is -2.39. The van der Waals surface area contributed by atoms with Crippen LogP contribution in [0.15, 0.2) is 24.3 Å². The lowest BCUT2D eigenvalue weighted by atomic mass is 9.96. The van der Waals surface area contributed by atoms with Crippen LogP contribution in [0.4, 0.5) is 0 Å². The number of benzene rings is 1. The van der Waals surface area contributed by atoms with E-state index in [2.05, 4.69) is 70.8 Å². The Labute approximate surface area is 125 Å². The van der Waals surface area contributed by atoms with Crippen LogP contribution in [0.25, 0.3) is 0 Å². The normalized spacial score (nSPS) is 15.1. The Morgan fingerprint density at radius 2 is 1.55 bits per heavy atom. The minimum absolute atomic E-state index is 0.306. The van der Waals surface area contributed by atoms with Crippen molar-refractivity contribution in [1.82, 2.24) is 4.90 Å². The standard InChI is InChI=1S/C18H32N2/c1-13(2)11-16-7-9-17(10-8-16)18(12-19)20(6)15(5)14(3)4/h7-10,13-15,18H,11-12,19H2,1-6H3. The SMILES string of the molecule is CC(C)Cc1ccc(C(CN)N(C)C(C)C(C)C)cc1. The Morgan fingerprint density at radius 3 is 1.95 bits per heavy atom. The number of nitrogens with zero attached hydrogens (tertiary/aromatic N) is 1. The van der Waals surface area contributed by atoms with Gasteiger partial charge in [-0.15, -0.1) is 0 Å². The van der Waals surface area contributed by atoms with Crippen LogP contribution in [-0.2, 0) is 6.42 Å². The molecule has 114 valence electrons. The third-order valence-corrected chi connectivity index (χ3v) is 4.33. The van der Waals surface area contributed by atoms with Crippen molar-refractivity contribution in [1.29, 1.82) is 0 Å². The molecule has 0 aliphatic carbocycles. The monoisotopic (exact) mass is 276 g/mol. The van der Waals surface area contributed by atoms with Crippen molar-refractivity contribution < 1.29 is 0 Å². The summed E-state index contributed by atoms with van der Waals surface area (Å²) in [5.41, 5.74) is 8.77. The van der Waals surface area contributed by atoms with Crippen molar-refractivity contribution in [3.05, 3.63) is 35.4 Å². The third-order valence-electron chi connectivity index (χ3n) is 4.33. The topological polar surface area (TPSA) is 29.3 Å². The first-order chi connectivity index (χ1) is 9.36. The average Bonchev–Trinajstić information content (AvgIpc) is 2.39. The summed E-state index contributed by atoms with van der Waals surface area (Å²) in [6.45, 7) is 12.0. The predicted molar refractivity (Wildman–Crippen MR) is 88.8 cm³/mol. The molecule has 0 radical (unpaired) electrons. The zero-order valence-electron chi connectivity index (χ0n) is 14.1. The van der Waals surface area contributed by atoms with E-state index in [1.54, 1.807) is 0 Å².